The maximum absolute atomic E-state index is 12.0. The maximum Gasteiger partial charge on any atom is 0.358 e. The van der Waals surface area contributed by atoms with Crippen molar-refractivity contribution in [2.45, 2.75) is 24.9 Å². The molecule has 3 rings (SSSR count). The Morgan fingerprint density at radius 3 is 2.70 bits per heavy atom. The van der Waals surface area contributed by atoms with Gasteiger partial charge in [-0.15, -0.1) is 5.10 Å². The van der Waals surface area contributed by atoms with E-state index in [1.54, 1.807) is 4.90 Å². The number of carboxylic acids is 1. The smallest absolute Gasteiger partial charge is 0.358 e. The lowest BCUT2D eigenvalue weighted by Crippen LogP contribution is -2.55. The van der Waals surface area contributed by atoms with Crippen molar-refractivity contribution in [3.63, 3.8) is 0 Å². The summed E-state index contributed by atoms with van der Waals surface area (Å²) in [4.78, 5) is 35.4. The van der Waals surface area contributed by atoms with Gasteiger partial charge in [0.05, 0.1) is 12.2 Å². The topological polar surface area (TPSA) is 117 Å². The van der Waals surface area contributed by atoms with E-state index in [2.05, 4.69) is 15.6 Å². The zero-order chi connectivity index (χ0) is 14.3. The number of aromatic carboxylic acids is 1. The van der Waals surface area contributed by atoms with Crippen LogP contribution in [0, 0.1) is 0 Å². The van der Waals surface area contributed by atoms with Gasteiger partial charge in [0.1, 0.15) is 6.04 Å². The molecule has 2 amide bonds. The number of hydrogen-bond donors (Lipinski definition) is 2. The number of carbonyl (C=O) groups excluding carboxylic acids is 2. The lowest BCUT2D eigenvalue weighted by Gasteiger charge is -2.40. The van der Waals surface area contributed by atoms with Crippen LogP contribution >= 0.6 is 0 Å². The van der Waals surface area contributed by atoms with E-state index in [4.69, 9.17) is 5.11 Å². The first-order valence-corrected chi connectivity index (χ1v) is 6.28. The van der Waals surface area contributed by atoms with Gasteiger partial charge in [-0.25, -0.2) is 9.48 Å². The molecule has 0 bridgehead atoms. The van der Waals surface area contributed by atoms with E-state index in [0.717, 1.165) is 0 Å². The van der Waals surface area contributed by atoms with Crippen molar-refractivity contribution in [1.82, 2.24) is 25.2 Å². The summed E-state index contributed by atoms with van der Waals surface area (Å²) in [7, 11) is 0. The van der Waals surface area contributed by atoms with Crippen LogP contribution < -0.4 is 5.32 Å². The van der Waals surface area contributed by atoms with Crippen molar-refractivity contribution >= 4 is 17.8 Å². The third-order valence-electron chi connectivity index (χ3n) is 3.57. The predicted octanol–water partition coefficient (Wildman–Crippen LogP) is -1.36. The normalized spacial score (nSPS) is 22.5. The molecule has 0 aliphatic carbocycles. The minimum atomic E-state index is -1.13. The first kappa shape index (κ1) is 12.6. The Labute approximate surface area is 113 Å². The van der Waals surface area contributed by atoms with Crippen LogP contribution in [0.3, 0.4) is 0 Å². The molecule has 2 aliphatic heterocycles. The second-order valence-corrected chi connectivity index (χ2v) is 4.94. The molecule has 0 aromatic carbocycles. The Kier molecular flexibility index (Phi) is 2.88. The van der Waals surface area contributed by atoms with Crippen LogP contribution in [0.25, 0.3) is 0 Å². The monoisotopic (exact) mass is 279 g/mol. The molecule has 9 heteroatoms. The number of likely N-dealkylation sites (tertiary alicyclic amines) is 1. The summed E-state index contributed by atoms with van der Waals surface area (Å²) in [5.41, 5.74) is -0.113. The van der Waals surface area contributed by atoms with Gasteiger partial charge in [0, 0.05) is 19.5 Å². The van der Waals surface area contributed by atoms with E-state index in [-0.39, 0.29) is 23.6 Å². The predicted molar refractivity (Wildman–Crippen MR) is 63.8 cm³/mol. The van der Waals surface area contributed by atoms with Crippen LogP contribution in [0.5, 0.6) is 0 Å². The van der Waals surface area contributed by atoms with Gasteiger partial charge >= 0.3 is 5.97 Å². The quantitative estimate of drug-likeness (QED) is 0.705. The summed E-state index contributed by atoms with van der Waals surface area (Å²) in [6, 6.07) is -0.481. The highest BCUT2D eigenvalue weighted by atomic mass is 16.4. The van der Waals surface area contributed by atoms with Crippen LogP contribution in [-0.2, 0) is 9.59 Å². The molecule has 0 spiro atoms. The molecule has 2 fully saturated rings. The van der Waals surface area contributed by atoms with E-state index in [9.17, 15) is 14.4 Å². The third-order valence-corrected chi connectivity index (χ3v) is 3.57. The van der Waals surface area contributed by atoms with Crippen LogP contribution in [-0.4, -0.2) is 61.9 Å². The summed E-state index contributed by atoms with van der Waals surface area (Å²) in [5.74, 6) is -1.31. The molecule has 0 radical (unpaired) electrons. The van der Waals surface area contributed by atoms with Crippen LogP contribution in [0.2, 0.25) is 0 Å². The van der Waals surface area contributed by atoms with Crippen LogP contribution in [0.1, 0.15) is 29.4 Å². The number of nitrogens with zero attached hydrogens (tertiary/aromatic N) is 4. The largest absolute Gasteiger partial charge is 0.476 e. The zero-order valence-electron chi connectivity index (χ0n) is 10.5. The fourth-order valence-electron chi connectivity index (χ4n) is 2.38. The van der Waals surface area contributed by atoms with Gasteiger partial charge < -0.3 is 15.3 Å². The van der Waals surface area contributed by atoms with Crippen LogP contribution in [0.4, 0.5) is 0 Å². The van der Waals surface area contributed by atoms with Crippen molar-refractivity contribution in [3.8, 4) is 0 Å². The Bertz CT molecular complexity index is 577. The molecule has 106 valence electrons. The molecular formula is C11H13N5O4. The minimum absolute atomic E-state index is 0.0587. The summed E-state index contributed by atoms with van der Waals surface area (Å²) in [5, 5.41) is 18.7. The van der Waals surface area contributed by atoms with Gasteiger partial charge in [-0.3, -0.25) is 9.59 Å². The number of rotatable bonds is 3. The average molecular weight is 279 g/mol. The van der Waals surface area contributed by atoms with Gasteiger partial charge in [0.25, 0.3) is 0 Å². The molecule has 2 N–H and O–H groups in total. The lowest BCUT2D eigenvalue weighted by atomic mass is 10.1. The molecule has 9 nitrogen and oxygen atoms in total. The first-order chi connectivity index (χ1) is 9.54. The number of carbonyl (C=O) groups is 3. The molecular weight excluding hydrogens is 266 g/mol. The molecule has 1 atom stereocenters. The van der Waals surface area contributed by atoms with Gasteiger partial charge in [-0.1, -0.05) is 5.21 Å². The minimum Gasteiger partial charge on any atom is -0.476 e. The fourth-order valence-corrected chi connectivity index (χ4v) is 2.38. The van der Waals surface area contributed by atoms with E-state index < -0.39 is 12.0 Å². The molecule has 1 aromatic rings. The number of hydrogen-bond acceptors (Lipinski definition) is 5. The Morgan fingerprint density at radius 2 is 2.15 bits per heavy atom. The molecule has 1 aromatic heterocycles. The first-order valence-electron chi connectivity index (χ1n) is 6.28. The SMILES string of the molecule is O=C1CCC(C(=O)N2CC(n3cc(C(=O)O)nn3)C2)N1. The summed E-state index contributed by atoms with van der Waals surface area (Å²) >= 11 is 0. The highest BCUT2D eigenvalue weighted by molar-refractivity contribution is 5.91. The van der Waals surface area contributed by atoms with Gasteiger partial charge in [-0.05, 0) is 6.42 Å². The highest BCUT2D eigenvalue weighted by Gasteiger charge is 2.38. The number of carboxylic acid groups (broad SMARTS) is 1. The Balaban J connectivity index is 1.56. The third kappa shape index (κ3) is 2.10. The standard InChI is InChI=1S/C11H13N5O4/c17-9-2-1-7(12-9)10(18)15-3-6(4-15)16-5-8(11(19)20)13-14-16/h5-7H,1-4H2,(H,12,17)(H,19,20). The van der Waals surface area contributed by atoms with Crippen molar-refractivity contribution in [3.05, 3.63) is 11.9 Å². The Hall–Kier alpha value is -2.45. The van der Waals surface area contributed by atoms with E-state index in [0.29, 0.717) is 25.9 Å². The van der Waals surface area contributed by atoms with Gasteiger partial charge in [-0.2, -0.15) is 0 Å². The number of aromatic nitrogens is 3. The van der Waals surface area contributed by atoms with Crippen molar-refractivity contribution in [1.29, 1.82) is 0 Å². The summed E-state index contributed by atoms with van der Waals surface area (Å²) < 4.78 is 1.46. The second-order valence-electron chi connectivity index (χ2n) is 4.94. The van der Waals surface area contributed by atoms with E-state index in [1.165, 1.54) is 10.9 Å². The highest BCUT2D eigenvalue weighted by Crippen LogP contribution is 2.22. The summed E-state index contributed by atoms with van der Waals surface area (Å²) in [6.45, 7) is 0.904. The second kappa shape index (κ2) is 4.58. The molecule has 2 aliphatic rings. The van der Waals surface area contributed by atoms with Gasteiger partial charge in [0.15, 0.2) is 5.69 Å². The summed E-state index contributed by atoms with van der Waals surface area (Å²) in [6.07, 6.45) is 2.27. The average Bonchev–Trinajstić information content (AvgIpc) is 2.96. The van der Waals surface area contributed by atoms with Crippen molar-refractivity contribution < 1.29 is 19.5 Å². The molecule has 1 unspecified atom stereocenters. The molecule has 3 heterocycles. The van der Waals surface area contributed by atoms with E-state index in [1.807, 2.05) is 0 Å². The maximum atomic E-state index is 12.0. The number of amides is 2. The number of nitrogens with one attached hydrogen (secondary N) is 1. The van der Waals surface area contributed by atoms with Gasteiger partial charge in [0.2, 0.25) is 11.8 Å². The lowest BCUT2D eigenvalue weighted by molar-refractivity contribution is -0.140. The van der Waals surface area contributed by atoms with Crippen LogP contribution in [0.15, 0.2) is 6.20 Å². The van der Waals surface area contributed by atoms with E-state index >= 15 is 0 Å². The Morgan fingerprint density at radius 1 is 1.40 bits per heavy atom. The molecule has 2 saturated heterocycles. The van der Waals surface area contributed by atoms with Crippen molar-refractivity contribution in [2.75, 3.05) is 13.1 Å². The van der Waals surface area contributed by atoms with Crippen molar-refractivity contribution in [2.24, 2.45) is 0 Å². The zero-order valence-corrected chi connectivity index (χ0v) is 10.5. The fraction of sp³-hybridized carbons (Fsp3) is 0.545. The molecule has 0 saturated carbocycles. The molecule has 20 heavy (non-hydrogen) atoms.